The van der Waals surface area contributed by atoms with Crippen LogP contribution >= 0.6 is 0 Å². The van der Waals surface area contributed by atoms with Gasteiger partial charge in [-0.1, -0.05) is 0 Å². The fraction of sp³-hybridized carbons (Fsp3) is 0.636. The van der Waals surface area contributed by atoms with Crippen molar-refractivity contribution < 1.29 is 34.5 Å². The smallest absolute Gasteiger partial charge is 0.328 e. The van der Waals surface area contributed by atoms with Gasteiger partial charge in [-0.15, -0.1) is 0 Å². The number of carbonyl (C=O) groups excluding carboxylic acids is 3. The van der Waals surface area contributed by atoms with E-state index < -0.39 is 61.6 Å². The van der Waals surface area contributed by atoms with Crippen molar-refractivity contribution in [3.63, 3.8) is 0 Å². The molecule has 0 radical (unpaired) electrons. The second-order valence-electron chi connectivity index (χ2n) is 4.41. The highest BCUT2D eigenvalue weighted by atomic mass is 16.4. The molecule has 0 aliphatic carbocycles. The number of nitrogens with one attached hydrogen (secondary N) is 3. The second-order valence-corrected chi connectivity index (χ2v) is 4.41. The lowest BCUT2D eigenvalue weighted by molar-refractivity contribution is -0.144. The molecule has 3 atom stereocenters. The molecule has 0 aromatic heterocycles. The lowest BCUT2D eigenvalue weighted by atomic mass is 10.2. The first-order valence-corrected chi connectivity index (χ1v) is 6.30. The van der Waals surface area contributed by atoms with Gasteiger partial charge in [-0.05, 0) is 6.92 Å². The van der Waals surface area contributed by atoms with Gasteiger partial charge in [0.15, 0.2) is 6.04 Å². The summed E-state index contributed by atoms with van der Waals surface area (Å²) in [6.07, 6.45) is -1.31. The van der Waals surface area contributed by atoms with E-state index in [1.54, 1.807) is 0 Å². The normalized spacial score (nSPS) is 14.4. The Hall–Kier alpha value is -2.24. The van der Waals surface area contributed by atoms with E-state index >= 15 is 0 Å². The van der Waals surface area contributed by atoms with Crippen molar-refractivity contribution in [2.24, 2.45) is 5.73 Å². The van der Waals surface area contributed by atoms with Crippen molar-refractivity contribution >= 4 is 23.7 Å². The Bertz CT molecular complexity index is 427. The molecule has 0 aliphatic heterocycles. The molecule has 0 rings (SSSR count). The maximum absolute atomic E-state index is 11.4. The van der Waals surface area contributed by atoms with Crippen molar-refractivity contribution in [1.82, 2.24) is 16.0 Å². The van der Waals surface area contributed by atoms with E-state index in [4.69, 9.17) is 21.1 Å². The van der Waals surface area contributed by atoms with Crippen LogP contribution in [0.25, 0.3) is 0 Å². The standard InChI is InChI=1S/C11H20N4O7/c1-5(17)9(11(21)22)15-8(19)3-13-7(18)2-14-10(20)6(12)4-16/h5-6,9,16-17H,2-4,12H2,1H3,(H,13,18)(H,14,20)(H,15,19)(H,21,22). The molecule has 0 aromatic carbocycles. The molecule has 22 heavy (non-hydrogen) atoms. The molecule has 126 valence electrons. The summed E-state index contributed by atoms with van der Waals surface area (Å²) in [5.74, 6) is -3.68. The largest absolute Gasteiger partial charge is 0.480 e. The first-order valence-electron chi connectivity index (χ1n) is 6.30. The van der Waals surface area contributed by atoms with Crippen LogP contribution in [0.2, 0.25) is 0 Å². The van der Waals surface area contributed by atoms with Crippen LogP contribution in [0.5, 0.6) is 0 Å². The maximum Gasteiger partial charge on any atom is 0.328 e. The van der Waals surface area contributed by atoms with Crippen molar-refractivity contribution in [2.45, 2.75) is 25.1 Å². The number of aliphatic hydroxyl groups excluding tert-OH is 2. The van der Waals surface area contributed by atoms with Gasteiger partial charge < -0.3 is 37.0 Å². The monoisotopic (exact) mass is 320 g/mol. The molecule has 0 spiro atoms. The van der Waals surface area contributed by atoms with Crippen LogP contribution in [0.4, 0.5) is 0 Å². The number of hydrogen-bond donors (Lipinski definition) is 7. The number of rotatable bonds is 9. The fourth-order valence-electron chi connectivity index (χ4n) is 1.24. The fourth-order valence-corrected chi connectivity index (χ4v) is 1.24. The van der Waals surface area contributed by atoms with E-state index in [-0.39, 0.29) is 0 Å². The molecule has 11 nitrogen and oxygen atoms in total. The van der Waals surface area contributed by atoms with Gasteiger partial charge in [-0.25, -0.2) is 4.79 Å². The third-order valence-corrected chi connectivity index (χ3v) is 2.47. The molecule has 3 unspecified atom stereocenters. The number of aliphatic hydroxyl groups is 2. The van der Waals surface area contributed by atoms with Crippen LogP contribution in [0.3, 0.4) is 0 Å². The summed E-state index contributed by atoms with van der Waals surface area (Å²) in [4.78, 5) is 44.7. The highest BCUT2D eigenvalue weighted by Crippen LogP contribution is 1.92. The average Bonchev–Trinajstić information content (AvgIpc) is 2.46. The van der Waals surface area contributed by atoms with Crippen LogP contribution in [-0.4, -0.2) is 76.9 Å². The van der Waals surface area contributed by atoms with E-state index in [1.807, 2.05) is 5.32 Å². The zero-order valence-corrected chi connectivity index (χ0v) is 11.9. The van der Waals surface area contributed by atoms with Crippen LogP contribution in [0.1, 0.15) is 6.92 Å². The summed E-state index contributed by atoms with van der Waals surface area (Å²) >= 11 is 0. The second kappa shape index (κ2) is 9.65. The first-order chi connectivity index (χ1) is 10.2. The topological polar surface area (TPSA) is 191 Å². The quantitative estimate of drug-likeness (QED) is 0.221. The minimum Gasteiger partial charge on any atom is -0.480 e. The zero-order chi connectivity index (χ0) is 17.3. The molecule has 11 heteroatoms. The highest BCUT2D eigenvalue weighted by molar-refractivity contribution is 5.90. The summed E-state index contributed by atoms with van der Waals surface area (Å²) in [6, 6.07) is -2.65. The number of nitrogens with two attached hydrogens (primary N) is 1. The van der Waals surface area contributed by atoms with Gasteiger partial charge >= 0.3 is 5.97 Å². The maximum atomic E-state index is 11.4. The number of aliphatic carboxylic acids is 1. The summed E-state index contributed by atoms with van der Waals surface area (Å²) in [7, 11) is 0. The Labute approximate surface area is 125 Å². The Kier molecular flexibility index (Phi) is 8.67. The molecule has 0 bridgehead atoms. The molecule has 3 amide bonds. The van der Waals surface area contributed by atoms with E-state index in [2.05, 4.69) is 10.6 Å². The molecule has 0 fully saturated rings. The van der Waals surface area contributed by atoms with Crippen LogP contribution < -0.4 is 21.7 Å². The molecular weight excluding hydrogens is 300 g/mol. The number of hydrogen-bond acceptors (Lipinski definition) is 7. The lowest BCUT2D eigenvalue weighted by Gasteiger charge is -2.17. The van der Waals surface area contributed by atoms with Gasteiger partial charge in [0.25, 0.3) is 0 Å². The van der Waals surface area contributed by atoms with Crippen LogP contribution in [-0.2, 0) is 19.2 Å². The van der Waals surface area contributed by atoms with Crippen LogP contribution in [0, 0.1) is 0 Å². The number of amides is 3. The molecule has 0 heterocycles. The molecular formula is C11H20N4O7. The number of carboxylic acid groups (broad SMARTS) is 1. The minimum absolute atomic E-state index is 0.460. The third-order valence-electron chi connectivity index (χ3n) is 2.47. The van der Waals surface area contributed by atoms with E-state index in [9.17, 15) is 19.2 Å². The average molecular weight is 320 g/mol. The number of carboxylic acids is 1. The first kappa shape index (κ1) is 19.8. The van der Waals surface area contributed by atoms with Gasteiger partial charge in [0.05, 0.1) is 25.8 Å². The Morgan fingerprint density at radius 1 is 1.09 bits per heavy atom. The number of carbonyl (C=O) groups is 4. The van der Waals surface area contributed by atoms with Crippen molar-refractivity contribution in [1.29, 1.82) is 0 Å². The van der Waals surface area contributed by atoms with E-state index in [1.165, 1.54) is 6.92 Å². The zero-order valence-electron chi connectivity index (χ0n) is 11.9. The molecule has 0 saturated heterocycles. The van der Waals surface area contributed by atoms with E-state index in [0.717, 1.165) is 0 Å². The SMILES string of the molecule is CC(O)C(NC(=O)CNC(=O)CNC(=O)C(N)CO)C(=O)O. The van der Waals surface area contributed by atoms with Crippen molar-refractivity contribution in [2.75, 3.05) is 19.7 Å². The molecule has 8 N–H and O–H groups in total. The molecule has 0 aromatic rings. The Balaban J connectivity index is 4.12. The lowest BCUT2D eigenvalue weighted by Crippen LogP contribution is -2.51. The van der Waals surface area contributed by atoms with Crippen molar-refractivity contribution in [3.8, 4) is 0 Å². The minimum atomic E-state index is -1.49. The van der Waals surface area contributed by atoms with Gasteiger partial charge in [-0.2, -0.15) is 0 Å². The van der Waals surface area contributed by atoms with Gasteiger partial charge in [-0.3, -0.25) is 14.4 Å². The van der Waals surface area contributed by atoms with Crippen molar-refractivity contribution in [3.05, 3.63) is 0 Å². The highest BCUT2D eigenvalue weighted by Gasteiger charge is 2.24. The van der Waals surface area contributed by atoms with Gasteiger partial charge in [0.2, 0.25) is 17.7 Å². The Morgan fingerprint density at radius 3 is 2.09 bits per heavy atom. The Morgan fingerprint density at radius 2 is 1.64 bits per heavy atom. The van der Waals surface area contributed by atoms with E-state index in [0.29, 0.717) is 0 Å². The van der Waals surface area contributed by atoms with Gasteiger partial charge in [0.1, 0.15) is 6.04 Å². The summed E-state index contributed by atoms with van der Waals surface area (Å²) in [5, 5.41) is 32.8. The molecule has 0 aliphatic rings. The van der Waals surface area contributed by atoms with Gasteiger partial charge in [0, 0.05) is 0 Å². The predicted molar refractivity (Wildman–Crippen MR) is 72.3 cm³/mol. The summed E-state index contributed by atoms with van der Waals surface area (Å²) < 4.78 is 0. The third kappa shape index (κ3) is 7.52. The van der Waals surface area contributed by atoms with Crippen LogP contribution in [0.15, 0.2) is 0 Å². The summed E-state index contributed by atoms with van der Waals surface area (Å²) in [5.41, 5.74) is 5.20. The molecule has 0 saturated carbocycles. The predicted octanol–water partition coefficient (Wildman–Crippen LogP) is -4.51. The summed E-state index contributed by atoms with van der Waals surface area (Å²) in [6.45, 7) is -0.376.